The van der Waals surface area contributed by atoms with Crippen molar-refractivity contribution in [3.05, 3.63) is 48.3 Å². The number of nitrogens with one attached hydrogen (secondary N) is 1. The van der Waals surface area contributed by atoms with Gasteiger partial charge in [0.2, 0.25) is 0 Å². The molecule has 0 fully saturated rings. The van der Waals surface area contributed by atoms with Crippen molar-refractivity contribution in [3.8, 4) is 23.8 Å². The van der Waals surface area contributed by atoms with Crippen LogP contribution in [0.1, 0.15) is 5.56 Å². The molecule has 39 heavy (non-hydrogen) atoms. The number of aromatic nitrogens is 2. The number of aliphatic hydroxyl groups excluding tert-OH is 2. The fourth-order valence-electron chi connectivity index (χ4n) is 2.95. The molecule has 5 N–H and O–H groups in total. The Kier molecular flexibility index (Phi) is 12.4. The molecule has 0 aliphatic carbocycles. The van der Waals surface area contributed by atoms with Crippen LogP contribution in [0.5, 0.6) is 11.5 Å². The highest BCUT2D eigenvalue weighted by Gasteiger charge is 2.29. The number of carboxylic acids is 2. The van der Waals surface area contributed by atoms with Gasteiger partial charge in [0.1, 0.15) is 25.4 Å². The van der Waals surface area contributed by atoms with Gasteiger partial charge in [0.05, 0.1) is 18.7 Å². The van der Waals surface area contributed by atoms with Crippen molar-refractivity contribution in [1.82, 2.24) is 9.97 Å². The molecule has 0 aliphatic heterocycles. The first-order chi connectivity index (χ1) is 18.7. The quantitative estimate of drug-likeness (QED) is 0.153. The molecule has 3 aromatic rings. The average Bonchev–Trinajstić information content (AvgIpc) is 2.93. The minimum Gasteiger partial charge on any atom is -0.487 e. The first-order valence-electron chi connectivity index (χ1n) is 11.4. The number of aliphatic hydroxyl groups is 2. The molecule has 1 aromatic heterocycles. The predicted octanol–water partition coefficient (Wildman–Crippen LogP) is 1.28. The van der Waals surface area contributed by atoms with Crippen LogP contribution in [0.15, 0.2) is 42.7 Å². The molecule has 0 amide bonds. The Morgan fingerprint density at radius 1 is 0.923 bits per heavy atom. The van der Waals surface area contributed by atoms with E-state index in [1.807, 2.05) is 36.4 Å². The highest BCUT2D eigenvalue weighted by Crippen LogP contribution is 2.35. The van der Waals surface area contributed by atoms with E-state index in [0.717, 1.165) is 22.2 Å². The molecule has 13 nitrogen and oxygen atoms in total. The van der Waals surface area contributed by atoms with Crippen LogP contribution in [0.25, 0.3) is 10.9 Å². The molecular formula is C26H29N3O10. The third kappa shape index (κ3) is 9.40. The molecule has 13 heteroatoms. The number of aliphatic carboxylic acids is 2. The normalized spacial score (nSPS) is 11.9. The third-order valence-corrected chi connectivity index (χ3v) is 4.89. The van der Waals surface area contributed by atoms with Crippen molar-refractivity contribution >= 4 is 34.3 Å². The van der Waals surface area contributed by atoms with E-state index in [9.17, 15) is 9.59 Å². The number of hydrogen-bond acceptors (Lipinski definition) is 11. The number of carbonyl (C=O) groups is 2. The molecule has 0 bridgehead atoms. The van der Waals surface area contributed by atoms with E-state index in [4.69, 9.17) is 45.8 Å². The average molecular weight is 544 g/mol. The summed E-state index contributed by atoms with van der Waals surface area (Å²) in [5.41, 5.74) is 2.34. The molecule has 0 saturated heterocycles. The lowest BCUT2D eigenvalue weighted by Crippen LogP contribution is -2.39. The highest BCUT2D eigenvalue weighted by atomic mass is 16.5. The minimum absolute atomic E-state index is 0.392. The van der Waals surface area contributed by atoms with Gasteiger partial charge in [-0.05, 0) is 24.3 Å². The number of hydrogen-bond donors (Lipinski definition) is 5. The van der Waals surface area contributed by atoms with E-state index in [2.05, 4.69) is 21.2 Å². The molecule has 0 aliphatic rings. The van der Waals surface area contributed by atoms with Crippen LogP contribution in [-0.4, -0.2) is 95.2 Å². The largest absolute Gasteiger partial charge is 0.487 e. The summed E-state index contributed by atoms with van der Waals surface area (Å²) in [4.78, 5) is 28.3. The molecule has 0 spiro atoms. The van der Waals surface area contributed by atoms with Crippen LogP contribution < -0.4 is 14.8 Å². The molecule has 1 heterocycles. The number of methoxy groups -OCH3 is 2. The minimum atomic E-state index is -2.27. The first-order valence-corrected chi connectivity index (χ1v) is 11.4. The van der Waals surface area contributed by atoms with Crippen molar-refractivity contribution in [2.45, 2.75) is 12.2 Å². The number of terminal acetylenes is 1. The maximum absolute atomic E-state index is 9.77. The zero-order chi connectivity index (χ0) is 28.8. The van der Waals surface area contributed by atoms with Crippen molar-refractivity contribution in [2.24, 2.45) is 0 Å². The first kappa shape index (κ1) is 30.7. The number of rotatable bonds is 13. The van der Waals surface area contributed by atoms with Gasteiger partial charge in [0.15, 0.2) is 23.7 Å². The predicted molar refractivity (Wildman–Crippen MR) is 139 cm³/mol. The van der Waals surface area contributed by atoms with E-state index in [1.54, 1.807) is 14.2 Å². The standard InChI is InChI=1S/C22H23N3O4.C4H6O6/c1-4-16-6-5-7-17(12-16)25-22-18-13-20(28-10-8-26-2)21(29-11-9-27-3)14-19(18)23-15-24-22;5-1(3(7)8)2(6)4(9)10/h1,5-7,12-15H,8-11H2,2-3H3,(H,23,24,25);1-2,5-6H,(H,7,8)(H,9,10). The van der Waals surface area contributed by atoms with Crippen molar-refractivity contribution < 1.29 is 49.0 Å². The Labute approximate surface area is 223 Å². The summed E-state index contributed by atoms with van der Waals surface area (Å²) < 4.78 is 21.8. The lowest BCUT2D eigenvalue weighted by molar-refractivity contribution is -0.165. The Balaban J connectivity index is 0.000000455. The van der Waals surface area contributed by atoms with Crippen molar-refractivity contribution in [3.63, 3.8) is 0 Å². The maximum Gasteiger partial charge on any atom is 0.335 e. The second-order valence-electron chi connectivity index (χ2n) is 7.64. The van der Waals surface area contributed by atoms with Crippen LogP contribution in [0.2, 0.25) is 0 Å². The van der Waals surface area contributed by atoms with Crippen LogP contribution in [0.4, 0.5) is 11.5 Å². The molecule has 2 unspecified atom stereocenters. The van der Waals surface area contributed by atoms with Gasteiger partial charge in [0.25, 0.3) is 0 Å². The van der Waals surface area contributed by atoms with Gasteiger partial charge >= 0.3 is 11.9 Å². The monoisotopic (exact) mass is 543 g/mol. The number of ether oxygens (including phenoxy) is 4. The summed E-state index contributed by atoms with van der Waals surface area (Å²) in [5.74, 6) is 0.906. The molecule has 0 radical (unpaired) electrons. The molecule has 2 aromatic carbocycles. The second-order valence-corrected chi connectivity index (χ2v) is 7.64. The summed E-state index contributed by atoms with van der Waals surface area (Å²) >= 11 is 0. The van der Waals surface area contributed by atoms with Gasteiger partial charge in [-0.3, -0.25) is 0 Å². The molecular weight excluding hydrogens is 514 g/mol. The van der Waals surface area contributed by atoms with E-state index in [0.29, 0.717) is 43.7 Å². The second kappa shape index (κ2) is 15.7. The van der Waals surface area contributed by atoms with Gasteiger partial charge in [-0.2, -0.15) is 0 Å². The van der Waals surface area contributed by atoms with Gasteiger partial charge in [0, 0.05) is 36.9 Å². The summed E-state index contributed by atoms with van der Waals surface area (Å²) in [6.07, 6.45) is 2.46. The molecule has 0 saturated carbocycles. The van der Waals surface area contributed by atoms with Crippen LogP contribution >= 0.6 is 0 Å². The van der Waals surface area contributed by atoms with E-state index in [-0.39, 0.29) is 0 Å². The van der Waals surface area contributed by atoms with Crippen LogP contribution in [0, 0.1) is 12.3 Å². The zero-order valence-electron chi connectivity index (χ0n) is 21.2. The summed E-state index contributed by atoms with van der Waals surface area (Å²) in [6, 6.07) is 11.3. The summed E-state index contributed by atoms with van der Waals surface area (Å²) in [6.45, 7) is 1.73. The number of carboxylic acid groups (broad SMARTS) is 2. The van der Waals surface area contributed by atoms with Gasteiger partial charge in [-0.15, -0.1) is 6.42 Å². The van der Waals surface area contributed by atoms with Crippen molar-refractivity contribution in [1.29, 1.82) is 0 Å². The van der Waals surface area contributed by atoms with Gasteiger partial charge in [-0.1, -0.05) is 12.0 Å². The molecule has 2 atom stereocenters. The third-order valence-electron chi connectivity index (χ3n) is 4.89. The van der Waals surface area contributed by atoms with E-state index >= 15 is 0 Å². The zero-order valence-corrected chi connectivity index (χ0v) is 21.2. The Hall–Kier alpha value is -4.48. The lowest BCUT2D eigenvalue weighted by atomic mass is 10.2. The fraction of sp³-hybridized carbons (Fsp3) is 0.308. The Bertz CT molecular complexity index is 1280. The van der Waals surface area contributed by atoms with Gasteiger partial charge < -0.3 is 44.7 Å². The number of anilines is 2. The van der Waals surface area contributed by atoms with E-state index in [1.165, 1.54) is 6.33 Å². The number of nitrogens with zero attached hydrogens (tertiary/aromatic N) is 2. The molecule has 208 valence electrons. The summed E-state index contributed by atoms with van der Waals surface area (Å²) in [5, 5.41) is 36.6. The fourth-order valence-corrected chi connectivity index (χ4v) is 2.95. The van der Waals surface area contributed by atoms with Crippen LogP contribution in [0.3, 0.4) is 0 Å². The van der Waals surface area contributed by atoms with Crippen LogP contribution in [-0.2, 0) is 19.1 Å². The highest BCUT2D eigenvalue weighted by molar-refractivity contribution is 5.93. The number of benzene rings is 2. The lowest BCUT2D eigenvalue weighted by Gasteiger charge is -2.15. The topological polar surface area (TPSA) is 190 Å². The SMILES string of the molecule is C#Cc1cccc(Nc2ncnc3cc(OCCOC)c(OCCOC)cc23)c1.O=C(O)C(O)C(O)C(=O)O. The smallest absolute Gasteiger partial charge is 0.335 e. The Morgan fingerprint density at radius 2 is 1.51 bits per heavy atom. The van der Waals surface area contributed by atoms with Gasteiger partial charge in [-0.25, -0.2) is 19.6 Å². The molecule has 3 rings (SSSR count). The Morgan fingerprint density at radius 3 is 2.05 bits per heavy atom. The van der Waals surface area contributed by atoms with E-state index < -0.39 is 24.1 Å². The summed E-state index contributed by atoms with van der Waals surface area (Å²) in [7, 11) is 3.25. The number of fused-ring (bicyclic) bond motifs is 1. The maximum atomic E-state index is 9.77. The van der Waals surface area contributed by atoms with Crippen molar-refractivity contribution in [2.75, 3.05) is 46.0 Å².